The molecule has 4 aromatic rings. The number of likely N-dealkylation sites (tertiary alicyclic amines) is 1. The van der Waals surface area contributed by atoms with Gasteiger partial charge in [-0.15, -0.1) is 11.3 Å². The van der Waals surface area contributed by atoms with Crippen LogP contribution in [0.15, 0.2) is 61.2 Å². The highest BCUT2D eigenvalue weighted by molar-refractivity contribution is 7.13. The Bertz CT molecular complexity index is 1300. The summed E-state index contributed by atoms with van der Waals surface area (Å²) in [6.07, 6.45) is 7.81. The van der Waals surface area contributed by atoms with Crippen molar-refractivity contribution < 1.29 is 14.0 Å². The van der Waals surface area contributed by atoms with Crippen molar-refractivity contribution in [3.8, 4) is 0 Å². The summed E-state index contributed by atoms with van der Waals surface area (Å²) in [6, 6.07) is 9.88. The van der Waals surface area contributed by atoms with Gasteiger partial charge in [0.2, 0.25) is 0 Å². The smallest absolute Gasteiger partial charge is 0.263 e. The molecule has 0 saturated carbocycles. The molecule has 1 aliphatic heterocycles. The molecular formula is C23H20FN5O2S. The van der Waals surface area contributed by atoms with E-state index in [0.29, 0.717) is 24.5 Å². The Morgan fingerprint density at radius 2 is 2.06 bits per heavy atom. The molecule has 0 radical (unpaired) electrons. The maximum absolute atomic E-state index is 14.0. The molecule has 2 amide bonds. The number of rotatable bonds is 5. The van der Waals surface area contributed by atoms with Gasteiger partial charge in [-0.25, -0.2) is 14.4 Å². The Hall–Kier alpha value is -3.59. The second kappa shape index (κ2) is 8.51. The van der Waals surface area contributed by atoms with Crippen LogP contribution in [0.1, 0.15) is 42.9 Å². The molecule has 5 rings (SSSR count). The summed E-state index contributed by atoms with van der Waals surface area (Å²) in [5.74, 6) is -0.968. The fourth-order valence-electron chi connectivity index (χ4n) is 3.86. The lowest BCUT2D eigenvalue weighted by Crippen LogP contribution is -2.29. The predicted octanol–water partition coefficient (Wildman–Crippen LogP) is 3.49. The molecular weight excluding hydrogens is 429 g/mol. The molecule has 162 valence electrons. The molecule has 1 fully saturated rings. The zero-order valence-corrected chi connectivity index (χ0v) is 17.9. The van der Waals surface area contributed by atoms with E-state index in [9.17, 15) is 14.0 Å². The number of nitrogens with zero attached hydrogens (tertiary/aromatic N) is 4. The zero-order valence-electron chi connectivity index (χ0n) is 17.1. The molecule has 4 heterocycles. The first kappa shape index (κ1) is 20.3. The van der Waals surface area contributed by atoms with Crippen molar-refractivity contribution in [2.45, 2.75) is 18.9 Å². The van der Waals surface area contributed by atoms with E-state index >= 15 is 0 Å². The first-order chi connectivity index (χ1) is 15.6. The van der Waals surface area contributed by atoms with E-state index < -0.39 is 5.82 Å². The molecule has 3 aromatic heterocycles. The second-order valence-corrected chi connectivity index (χ2v) is 8.75. The van der Waals surface area contributed by atoms with Gasteiger partial charge in [-0.05, 0) is 36.2 Å². The minimum atomic E-state index is -0.513. The first-order valence-electron chi connectivity index (χ1n) is 10.3. The van der Waals surface area contributed by atoms with Crippen LogP contribution in [0.25, 0.3) is 5.65 Å². The Morgan fingerprint density at radius 1 is 1.19 bits per heavy atom. The van der Waals surface area contributed by atoms with E-state index in [1.54, 1.807) is 29.4 Å². The Labute approximate surface area is 187 Å². The van der Waals surface area contributed by atoms with E-state index in [1.807, 2.05) is 28.9 Å². The van der Waals surface area contributed by atoms with E-state index in [0.717, 1.165) is 22.6 Å². The Balaban J connectivity index is 1.20. The molecule has 1 saturated heterocycles. The zero-order chi connectivity index (χ0) is 22.1. The van der Waals surface area contributed by atoms with Crippen LogP contribution in [-0.4, -0.2) is 44.2 Å². The van der Waals surface area contributed by atoms with Gasteiger partial charge in [0, 0.05) is 44.1 Å². The number of carbonyl (C=O) groups is 2. The Kier molecular flexibility index (Phi) is 5.40. The number of amides is 2. The van der Waals surface area contributed by atoms with Crippen LogP contribution < -0.4 is 5.32 Å². The van der Waals surface area contributed by atoms with Crippen LogP contribution in [0.3, 0.4) is 0 Å². The minimum absolute atomic E-state index is 0.0418. The maximum Gasteiger partial charge on any atom is 0.263 e. The van der Waals surface area contributed by atoms with Gasteiger partial charge >= 0.3 is 0 Å². The number of thiazole rings is 1. The molecule has 0 bridgehead atoms. The molecule has 0 aliphatic carbocycles. The Morgan fingerprint density at radius 3 is 2.94 bits per heavy atom. The largest absolute Gasteiger partial charge is 0.347 e. The number of halogens is 1. The maximum atomic E-state index is 14.0. The van der Waals surface area contributed by atoms with Crippen LogP contribution in [0.2, 0.25) is 0 Å². The van der Waals surface area contributed by atoms with Crippen molar-refractivity contribution in [3.63, 3.8) is 0 Å². The van der Waals surface area contributed by atoms with Crippen molar-refractivity contribution in [2.75, 3.05) is 13.1 Å². The van der Waals surface area contributed by atoms with Gasteiger partial charge in [0.1, 0.15) is 16.3 Å². The highest BCUT2D eigenvalue weighted by atomic mass is 32.1. The molecule has 9 heteroatoms. The lowest BCUT2D eigenvalue weighted by Gasteiger charge is -2.16. The number of fused-ring (bicyclic) bond motifs is 1. The standard InChI is InChI=1S/C23H20FN5O2S/c24-18-4-2-1-3-17(18)23(31)29-9-6-16(14-29)22-27-13-19(32-22)21(30)26-12-15-5-8-28-10-7-25-20(28)11-15/h1-5,7-8,10-11,13,16H,6,9,12,14H2,(H,26,30). The summed E-state index contributed by atoms with van der Waals surface area (Å²) in [4.78, 5) is 36.1. The first-order valence-corrected chi connectivity index (χ1v) is 11.1. The molecule has 7 nitrogen and oxygen atoms in total. The van der Waals surface area contributed by atoms with Crippen molar-refractivity contribution in [2.24, 2.45) is 0 Å². The number of benzene rings is 1. The van der Waals surface area contributed by atoms with Gasteiger partial charge in [-0.2, -0.15) is 0 Å². The van der Waals surface area contributed by atoms with E-state index in [1.165, 1.54) is 23.5 Å². The highest BCUT2D eigenvalue weighted by Crippen LogP contribution is 2.31. The lowest BCUT2D eigenvalue weighted by atomic mass is 10.1. The average Bonchev–Trinajstić information content (AvgIpc) is 3.57. The summed E-state index contributed by atoms with van der Waals surface area (Å²) in [5, 5.41) is 3.74. The van der Waals surface area contributed by atoms with Crippen molar-refractivity contribution in [1.29, 1.82) is 0 Å². The molecule has 1 unspecified atom stereocenters. The quantitative estimate of drug-likeness (QED) is 0.506. The fourth-order valence-corrected chi connectivity index (χ4v) is 4.82. The van der Waals surface area contributed by atoms with E-state index in [-0.39, 0.29) is 23.3 Å². The number of hydrogen-bond acceptors (Lipinski definition) is 5. The molecule has 0 spiro atoms. The van der Waals surface area contributed by atoms with Gasteiger partial charge in [0.25, 0.3) is 11.8 Å². The van der Waals surface area contributed by atoms with Gasteiger partial charge in [0.15, 0.2) is 0 Å². The number of carbonyl (C=O) groups excluding carboxylic acids is 2. The monoisotopic (exact) mass is 449 g/mol. The van der Waals surface area contributed by atoms with Crippen LogP contribution >= 0.6 is 11.3 Å². The van der Waals surface area contributed by atoms with Crippen LogP contribution in [0.5, 0.6) is 0 Å². The third-order valence-electron chi connectivity index (χ3n) is 5.59. The van der Waals surface area contributed by atoms with Gasteiger partial charge in [-0.1, -0.05) is 12.1 Å². The molecule has 1 atom stereocenters. The number of aromatic nitrogens is 3. The third kappa shape index (κ3) is 3.99. The molecule has 1 aliphatic rings. The second-order valence-electron chi connectivity index (χ2n) is 7.69. The molecule has 1 N–H and O–H groups in total. The van der Waals surface area contributed by atoms with Crippen molar-refractivity contribution >= 4 is 28.8 Å². The van der Waals surface area contributed by atoms with E-state index in [4.69, 9.17) is 0 Å². The van der Waals surface area contributed by atoms with Crippen LogP contribution in [-0.2, 0) is 6.54 Å². The summed E-state index contributed by atoms with van der Waals surface area (Å²) in [5.41, 5.74) is 1.87. The van der Waals surface area contributed by atoms with Crippen LogP contribution in [0, 0.1) is 5.82 Å². The minimum Gasteiger partial charge on any atom is -0.347 e. The summed E-state index contributed by atoms with van der Waals surface area (Å²) >= 11 is 1.34. The van der Waals surface area contributed by atoms with Gasteiger partial charge in [0.05, 0.1) is 16.8 Å². The third-order valence-corrected chi connectivity index (χ3v) is 6.75. The fraction of sp³-hybridized carbons (Fsp3) is 0.217. The number of hydrogen-bond donors (Lipinski definition) is 1. The molecule has 32 heavy (non-hydrogen) atoms. The topological polar surface area (TPSA) is 79.6 Å². The van der Waals surface area contributed by atoms with Crippen molar-refractivity contribution in [3.05, 3.63) is 88.0 Å². The SMILES string of the molecule is O=C(NCc1ccn2ccnc2c1)c1cnc(C2CCN(C(=O)c3ccccc3F)C2)s1. The van der Waals surface area contributed by atoms with Crippen LogP contribution in [0.4, 0.5) is 4.39 Å². The summed E-state index contributed by atoms with van der Waals surface area (Å²) in [6.45, 7) is 1.39. The number of pyridine rings is 1. The van der Waals surface area contributed by atoms with Gasteiger partial charge in [-0.3, -0.25) is 9.59 Å². The normalized spacial score (nSPS) is 15.9. The summed E-state index contributed by atoms with van der Waals surface area (Å²) < 4.78 is 15.9. The number of nitrogens with one attached hydrogen (secondary N) is 1. The number of imidazole rings is 1. The summed E-state index contributed by atoms with van der Waals surface area (Å²) in [7, 11) is 0. The lowest BCUT2D eigenvalue weighted by molar-refractivity contribution is 0.0785. The molecule has 1 aromatic carbocycles. The average molecular weight is 450 g/mol. The highest BCUT2D eigenvalue weighted by Gasteiger charge is 2.31. The van der Waals surface area contributed by atoms with Crippen molar-refractivity contribution in [1.82, 2.24) is 24.6 Å². The van der Waals surface area contributed by atoms with E-state index in [2.05, 4.69) is 15.3 Å². The predicted molar refractivity (Wildman–Crippen MR) is 118 cm³/mol. The van der Waals surface area contributed by atoms with Gasteiger partial charge < -0.3 is 14.6 Å².